The number of esters is 1. The number of carbonyl (C=O) groups is 1. The minimum atomic E-state index is -0.739. The Morgan fingerprint density at radius 2 is 2.04 bits per heavy atom. The first-order chi connectivity index (χ1) is 10.9. The Morgan fingerprint density at radius 1 is 1.30 bits per heavy atom. The first kappa shape index (κ1) is 16.9. The average molecular weight is 384 g/mol. The average Bonchev–Trinajstić information content (AvgIpc) is 2.52. The summed E-state index contributed by atoms with van der Waals surface area (Å²) in [7, 11) is 1.35. The van der Waals surface area contributed by atoms with Crippen molar-refractivity contribution in [1.82, 2.24) is 0 Å². The van der Waals surface area contributed by atoms with Crippen LogP contribution in [0.4, 0.5) is 10.1 Å². The molecular formula is C15H11BrFNO5. The van der Waals surface area contributed by atoms with Crippen molar-refractivity contribution in [2.24, 2.45) is 0 Å². The van der Waals surface area contributed by atoms with E-state index in [-0.39, 0.29) is 28.1 Å². The second-order valence-electron chi connectivity index (χ2n) is 4.47. The van der Waals surface area contributed by atoms with Crippen molar-refractivity contribution >= 4 is 27.6 Å². The topological polar surface area (TPSA) is 78.7 Å². The largest absolute Gasteiger partial charge is 0.494 e. The molecule has 0 amide bonds. The molecule has 120 valence electrons. The molecule has 0 aliphatic carbocycles. The number of benzene rings is 2. The molecule has 0 unspecified atom stereocenters. The summed E-state index contributed by atoms with van der Waals surface area (Å²) in [5.41, 5.74) is 0.229. The van der Waals surface area contributed by atoms with E-state index < -0.39 is 16.7 Å². The molecule has 0 aromatic heterocycles. The molecule has 2 rings (SSSR count). The molecule has 0 spiro atoms. The summed E-state index contributed by atoms with van der Waals surface area (Å²) in [6.45, 7) is -0.163. The summed E-state index contributed by atoms with van der Waals surface area (Å²) in [5, 5.41) is 10.8. The molecule has 2 aromatic carbocycles. The van der Waals surface area contributed by atoms with Gasteiger partial charge in [0.1, 0.15) is 6.61 Å². The Morgan fingerprint density at radius 3 is 2.65 bits per heavy atom. The molecular weight excluding hydrogens is 373 g/mol. The van der Waals surface area contributed by atoms with Crippen LogP contribution in [0.1, 0.15) is 15.9 Å². The minimum Gasteiger partial charge on any atom is -0.494 e. The summed E-state index contributed by atoms with van der Waals surface area (Å²) in [5.74, 6) is -1.22. The maximum atomic E-state index is 13.5. The van der Waals surface area contributed by atoms with Crippen LogP contribution >= 0.6 is 15.9 Å². The Labute approximate surface area is 139 Å². The standard InChI is InChI=1S/C15H11BrFNO5/c1-22-14-5-2-9(6-12(14)17)8-23-15(19)10-3-4-11(16)13(7-10)18(20)21/h2-7H,8H2,1H3. The van der Waals surface area contributed by atoms with Gasteiger partial charge in [0.25, 0.3) is 5.69 Å². The van der Waals surface area contributed by atoms with Crippen LogP contribution in [0.15, 0.2) is 40.9 Å². The fourth-order valence-electron chi connectivity index (χ4n) is 1.81. The molecule has 0 saturated heterocycles. The number of carbonyl (C=O) groups excluding carboxylic acids is 1. The first-order valence-corrected chi connectivity index (χ1v) is 7.15. The van der Waals surface area contributed by atoms with E-state index in [9.17, 15) is 19.3 Å². The van der Waals surface area contributed by atoms with E-state index in [2.05, 4.69) is 15.9 Å². The van der Waals surface area contributed by atoms with Crippen LogP contribution in [0, 0.1) is 15.9 Å². The molecule has 0 N–H and O–H groups in total. The second kappa shape index (κ2) is 7.19. The number of rotatable bonds is 5. The Kier molecular flexibility index (Phi) is 5.28. The Hall–Kier alpha value is -2.48. The van der Waals surface area contributed by atoms with E-state index in [4.69, 9.17) is 9.47 Å². The third-order valence-corrected chi connectivity index (χ3v) is 3.64. The molecule has 23 heavy (non-hydrogen) atoms. The van der Waals surface area contributed by atoms with Crippen LogP contribution in [0.2, 0.25) is 0 Å². The van der Waals surface area contributed by atoms with Gasteiger partial charge in [-0.05, 0) is 45.8 Å². The molecule has 0 radical (unpaired) electrons. The fourth-order valence-corrected chi connectivity index (χ4v) is 2.20. The van der Waals surface area contributed by atoms with Crippen LogP contribution in [-0.4, -0.2) is 18.0 Å². The number of hydrogen-bond acceptors (Lipinski definition) is 5. The number of methoxy groups -OCH3 is 1. The van der Waals surface area contributed by atoms with Crippen LogP contribution in [-0.2, 0) is 11.3 Å². The number of halogens is 2. The smallest absolute Gasteiger partial charge is 0.338 e. The van der Waals surface area contributed by atoms with Crippen molar-refractivity contribution in [2.45, 2.75) is 6.61 Å². The maximum Gasteiger partial charge on any atom is 0.338 e. The molecule has 2 aromatic rings. The van der Waals surface area contributed by atoms with Crippen molar-refractivity contribution < 1.29 is 23.6 Å². The van der Waals surface area contributed by atoms with E-state index >= 15 is 0 Å². The van der Waals surface area contributed by atoms with Crippen molar-refractivity contribution in [2.75, 3.05) is 7.11 Å². The monoisotopic (exact) mass is 383 g/mol. The first-order valence-electron chi connectivity index (χ1n) is 6.36. The highest BCUT2D eigenvalue weighted by Gasteiger charge is 2.17. The highest BCUT2D eigenvalue weighted by molar-refractivity contribution is 9.10. The molecule has 8 heteroatoms. The van der Waals surface area contributed by atoms with E-state index in [0.29, 0.717) is 5.56 Å². The summed E-state index contributed by atoms with van der Waals surface area (Å²) >= 11 is 3.03. The predicted molar refractivity (Wildman–Crippen MR) is 82.9 cm³/mol. The minimum absolute atomic E-state index is 0.0360. The molecule has 6 nitrogen and oxygen atoms in total. The van der Waals surface area contributed by atoms with Gasteiger partial charge in [-0.15, -0.1) is 0 Å². The van der Waals surface area contributed by atoms with Crippen LogP contribution < -0.4 is 4.74 Å². The third-order valence-electron chi connectivity index (χ3n) is 2.96. The lowest BCUT2D eigenvalue weighted by molar-refractivity contribution is -0.385. The molecule has 0 atom stereocenters. The van der Waals surface area contributed by atoms with Crippen molar-refractivity contribution in [3.05, 3.63) is 67.9 Å². The van der Waals surface area contributed by atoms with E-state index in [1.807, 2.05) is 0 Å². The SMILES string of the molecule is COc1ccc(COC(=O)c2ccc(Br)c([N+](=O)[O-])c2)cc1F. The molecule has 0 aliphatic rings. The normalized spacial score (nSPS) is 10.2. The highest BCUT2D eigenvalue weighted by atomic mass is 79.9. The van der Waals surface area contributed by atoms with Gasteiger partial charge in [-0.3, -0.25) is 10.1 Å². The fraction of sp³-hybridized carbons (Fsp3) is 0.133. The molecule has 0 aliphatic heterocycles. The Balaban J connectivity index is 2.09. The van der Waals surface area contributed by atoms with Crippen LogP contribution in [0.5, 0.6) is 5.75 Å². The number of nitro groups is 1. The number of hydrogen-bond donors (Lipinski definition) is 0. The van der Waals surface area contributed by atoms with Gasteiger partial charge in [-0.2, -0.15) is 0 Å². The highest BCUT2D eigenvalue weighted by Crippen LogP contribution is 2.26. The van der Waals surface area contributed by atoms with Gasteiger partial charge in [-0.25, -0.2) is 9.18 Å². The maximum absolute atomic E-state index is 13.5. The van der Waals surface area contributed by atoms with Gasteiger partial charge in [0, 0.05) is 6.07 Å². The quantitative estimate of drug-likeness (QED) is 0.444. The van der Waals surface area contributed by atoms with Crippen LogP contribution in [0.3, 0.4) is 0 Å². The number of ether oxygens (including phenoxy) is 2. The van der Waals surface area contributed by atoms with Crippen molar-refractivity contribution in [3.8, 4) is 5.75 Å². The Bertz CT molecular complexity index is 766. The third kappa shape index (κ3) is 4.04. The lowest BCUT2D eigenvalue weighted by Gasteiger charge is -2.07. The van der Waals surface area contributed by atoms with E-state index in [1.165, 1.54) is 31.4 Å². The molecule has 0 heterocycles. The van der Waals surface area contributed by atoms with Gasteiger partial charge in [-0.1, -0.05) is 6.07 Å². The zero-order chi connectivity index (χ0) is 17.0. The van der Waals surface area contributed by atoms with Crippen LogP contribution in [0.25, 0.3) is 0 Å². The van der Waals surface area contributed by atoms with Gasteiger partial charge < -0.3 is 9.47 Å². The van der Waals surface area contributed by atoms with Gasteiger partial charge in [0.05, 0.1) is 22.1 Å². The van der Waals surface area contributed by atoms with Gasteiger partial charge in [0.2, 0.25) is 0 Å². The summed E-state index contributed by atoms with van der Waals surface area (Å²) in [6, 6.07) is 8.06. The van der Waals surface area contributed by atoms with Gasteiger partial charge in [0.15, 0.2) is 11.6 Å². The van der Waals surface area contributed by atoms with E-state index in [1.54, 1.807) is 6.07 Å². The summed E-state index contributed by atoms with van der Waals surface area (Å²) < 4.78 is 23.6. The van der Waals surface area contributed by atoms with Crippen molar-refractivity contribution in [1.29, 1.82) is 0 Å². The second-order valence-corrected chi connectivity index (χ2v) is 5.32. The zero-order valence-electron chi connectivity index (χ0n) is 11.9. The summed E-state index contributed by atoms with van der Waals surface area (Å²) in [4.78, 5) is 22.2. The lowest BCUT2D eigenvalue weighted by Crippen LogP contribution is -2.06. The predicted octanol–water partition coefficient (Wildman–Crippen LogP) is 3.86. The van der Waals surface area contributed by atoms with E-state index in [0.717, 1.165) is 6.07 Å². The zero-order valence-corrected chi connectivity index (χ0v) is 13.5. The molecule has 0 bridgehead atoms. The molecule has 0 saturated carbocycles. The summed E-state index contributed by atoms with van der Waals surface area (Å²) in [6.07, 6.45) is 0. The molecule has 0 fully saturated rings. The number of nitrogens with zero attached hydrogens (tertiary/aromatic N) is 1. The van der Waals surface area contributed by atoms with Gasteiger partial charge >= 0.3 is 5.97 Å². The number of nitro benzene ring substituents is 1. The lowest BCUT2D eigenvalue weighted by atomic mass is 10.2. The van der Waals surface area contributed by atoms with Crippen molar-refractivity contribution in [3.63, 3.8) is 0 Å².